The summed E-state index contributed by atoms with van der Waals surface area (Å²) < 4.78 is 10.8. The normalized spacial score (nSPS) is 11.8. The minimum atomic E-state index is -0.0433. The Hall–Kier alpha value is -2.20. The second kappa shape index (κ2) is 7.71. The monoisotopic (exact) mass is 301 g/mol. The van der Waals surface area contributed by atoms with Crippen LogP contribution in [0.5, 0.6) is 11.5 Å². The van der Waals surface area contributed by atoms with Crippen LogP contribution in [0.3, 0.4) is 0 Å². The Morgan fingerprint density at radius 2 is 2.00 bits per heavy atom. The first-order valence-corrected chi connectivity index (χ1v) is 7.45. The topological polar surface area (TPSA) is 50.7 Å². The predicted molar refractivity (Wildman–Crippen MR) is 88.6 cm³/mol. The number of ether oxygens (including phenoxy) is 2. The minimum Gasteiger partial charge on any atom is -0.497 e. The van der Waals surface area contributed by atoms with Crippen molar-refractivity contribution in [2.45, 2.75) is 26.5 Å². The lowest BCUT2D eigenvalue weighted by atomic mass is 10.1. The van der Waals surface area contributed by atoms with E-state index in [1.165, 1.54) is 0 Å². The van der Waals surface area contributed by atoms with E-state index < -0.39 is 0 Å². The third-order valence-electron chi connectivity index (χ3n) is 3.51. The summed E-state index contributed by atoms with van der Waals surface area (Å²) in [5, 5.41) is 12.9. The first-order valence-electron chi connectivity index (χ1n) is 7.45. The molecule has 0 aliphatic rings. The molecule has 2 N–H and O–H groups in total. The second-order valence-corrected chi connectivity index (χ2v) is 5.06. The van der Waals surface area contributed by atoms with Crippen LogP contribution < -0.4 is 14.8 Å². The fraction of sp³-hybridized carbons (Fsp3) is 0.333. The maximum absolute atomic E-state index is 9.46. The molecule has 0 spiro atoms. The van der Waals surface area contributed by atoms with Crippen molar-refractivity contribution in [2.24, 2.45) is 0 Å². The molecule has 22 heavy (non-hydrogen) atoms. The SMILES string of the molecule is CCOc1ccc(NC(C)c2cccc(OC)c2)cc1CO. The standard InChI is InChI=1S/C18H23NO3/c1-4-22-18-9-8-16(10-15(18)12-20)19-13(2)14-6-5-7-17(11-14)21-3/h5-11,13,19-20H,4,12H2,1-3H3. The molecule has 0 amide bonds. The highest BCUT2D eigenvalue weighted by atomic mass is 16.5. The van der Waals surface area contributed by atoms with Crippen molar-refractivity contribution in [1.29, 1.82) is 0 Å². The Morgan fingerprint density at radius 1 is 1.18 bits per heavy atom. The van der Waals surface area contributed by atoms with Gasteiger partial charge in [-0.3, -0.25) is 0 Å². The van der Waals surface area contributed by atoms with E-state index in [1.54, 1.807) is 7.11 Å². The molecule has 1 atom stereocenters. The molecule has 0 aliphatic carbocycles. The highest BCUT2D eigenvalue weighted by Crippen LogP contribution is 2.27. The van der Waals surface area contributed by atoms with Gasteiger partial charge in [-0.15, -0.1) is 0 Å². The number of nitrogens with one attached hydrogen (secondary N) is 1. The smallest absolute Gasteiger partial charge is 0.124 e. The third kappa shape index (κ3) is 3.92. The predicted octanol–water partition coefficient (Wildman–Crippen LogP) is 3.76. The van der Waals surface area contributed by atoms with Crippen LogP contribution in [-0.4, -0.2) is 18.8 Å². The number of hydrogen-bond donors (Lipinski definition) is 2. The number of anilines is 1. The summed E-state index contributed by atoms with van der Waals surface area (Å²) in [6.45, 7) is 4.56. The van der Waals surface area contributed by atoms with E-state index in [0.717, 1.165) is 28.3 Å². The maximum atomic E-state index is 9.46. The highest BCUT2D eigenvalue weighted by Gasteiger charge is 2.09. The summed E-state index contributed by atoms with van der Waals surface area (Å²) in [6.07, 6.45) is 0. The lowest BCUT2D eigenvalue weighted by molar-refractivity contribution is 0.267. The number of rotatable bonds is 7. The van der Waals surface area contributed by atoms with E-state index >= 15 is 0 Å². The Bertz CT molecular complexity index is 613. The molecule has 2 aromatic carbocycles. The molecule has 2 rings (SSSR count). The molecule has 0 aromatic heterocycles. The van der Waals surface area contributed by atoms with Crippen molar-refractivity contribution in [3.63, 3.8) is 0 Å². The first kappa shape index (κ1) is 16.2. The fourth-order valence-electron chi connectivity index (χ4n) is 2.33. The Balaban J connectivity index is 2.15. The summed E-state index contributed by atoms with van der Waals surface area (Å²) in [7, 11) is 1.66. The van der Waals surface area contributed by atoms with Crippen molar-refractivity contribution < 1.29 is 14.6 Å². The molecule has 0 saturated heterocycles. The summed E-state index contributed by atoms with van der Waals surface area (Å²) in [6, 6.07) is 13.9. The van der Waals surface area contributed by atoms with Gasteiger partial charge in [0.2, 0.25) is 0 Å². The van der Waals surface area contributed by atoms with Crippen LogP contribution in [0, 0.1) is 0 Å². The molecule has 1 unspecified atom stereocenters. The van der Waals surface area contributed by atoms with E-state index in [2.05, 4.69) is 18.3 Å². The molecule has 4 nitrogen and oxygen atoms in total. The minimum absolute atomic E-state index is 0.0433. The third-order valence-corrected chi connectivity index (χ3v) is 3.51. The van der Waals surface area contributed by atoms with Gasteiger partial charge in [-0.25, -0.2) is 0 Å². The molecule has 0 aliphatic heterocycles. The number of aliphatic hydroxyl groups excluding tert-OH is 1. The molecular weight excluding hydrogens is 278 g/mol. The number of benzene rings is 2. The molecule has 0 saturated carbocycles. The molecule has 0 fully saturated rings. The van der Waals surface area contributed by atoms with E-state index in [-0.39, 0.29) is 12.6 Å². The van der Waals surface area contributed by atoms with Gasteiger partial charge in [0, 0.05) is 17.3 Å². The van der Waals surface area contributed by atoms with Crippen molar-refractivity contribution in [3.8, 4) is 11.5 Å². The average molecular weight is 301 g/mol. The van der Waals surface area contributed by atoms with Crippen LogP contribution in [0.15, 0.2) is 42.5 Å². The van der Waals surface area contributed by atoms with Gasteiger partial charge in [-0.1, -0.05) is 12.1 Å². The van der Waals surface area contributed by atoms with Crippen LogP contribution in [0.1, 0.15) is 31.0 Å². The van der Waals surface area contributed by atoms with E-state index in [4.69, 9.17) is 9.47 Å². The van der Waals surface area contributed by atoms with Gasteiger partial charge in [0.15, 0.2) is 0 Å². The summed E-state index contributed by atoms with van der Waals surface area (Å²) in [5.74, 6) is 1.57. The van der Waals surface area contributed by atoms with Crippen molar-refractivity contribution >= 4 is 5.69 Å². The van der Waals surface area contributed by atoms with Crippen LogP contribution >= 0.6 is 0 Å². The van der Waals surface area contributed by atoms with Gasteiger partial charge in [0.25, 0.3) is 0 Å². The Kier molecular flexibility index (Phi) is 5.67. The Labute approximate surface area is 131 Å². The van der Waals surface area contributed by atoms with E-state index in [9.17, 15) is 5.11 Å². The van der Waals surface area contributed by atoms with Crippen molar-refractivity contribution in [3.05, 3.63) is 53.6 Å². The maximum Gasteiger partial charge on any atom is 0.124 e. The molecule has 4 heteroatoms. The van der Waals surface area contributed by atoms with Crippen molar-refractivity contribution in [1.82, 2.24) is 0 Å². The van der Waals surface area contributed by atoms with Gasteiger partial charge in [0.1, 0.15) is 11.5 Å². The Morgan fingerprint density at radius 3 is 2.68 bits per heavy atom. The molecule has 2 aromatic rings. The van der Waals surface area contributed by atoms with Gasteiger partial charge >= 0.3 is 0 Å². The van der Waals surface area contributed by atoms with Gasteiger partial charge < -0.3 is 19.9 Å². The molecule has 0 bridgehead atoms. The summed E-state index contributed by atoms with van der Waals surface area (Å²) in [4.78, 5) is 0. The quantitative estimate of drug-likeness (QED) is 0.817. The second-order valence-electron chi connectivity index (χ2n) is 5.06. The lowest BCUT2D eigenvalue weighted by Gasteiger charge is -2.18. The highest BCUT2D eigenvalue weighted by molar-refractivity contribution is 5.52. The summed E-state index contributed by atoms with van der Waals surface area (Å²) >= 11 is 0. The van der Waals surface area contributed by atoms with Crippen LogP contribution in [-0.2, 0) is 6.61 Å². The fourth-order valence-corrected chi connectivity index (χ4v) is 2.33. The zero-order valence-corrected chi connectivity index (χ0v) is 13.3. The van der Waals surface area contributed by atoms with Crippen LogP contribution in [0.2, 0.25) is 0 Å². The molecule has 0 radical (unpaired) electrons. The molecule has 118 valence electrons. The van der Waals surface area contributed by atoms with Crippen LogP contribution in [0.4, 0.5) is 5.69 Å². The van der Waals surface area contributed by atoms with E-state index in [1.807, 2.05) is 43.3 Å². The lowest BCUT2D eigenvalue weighted by Crippen LogP contribution is -2.07. The van der Waals surface area contributed by atoms with Gasteiger partial charge in [0.05, 0.1) is 20.3 Å². The molecular formula is C18H23NO3. The van der Waals surface area contributed by atoms with Crippen molar-refractivity contribution in [2.75, 3.05) is 19.0 Å². The van der Waals surface area contributed by atoms with Gasteiger partial charge in [-0.2, -0.15) is 0 Å². The number of methoxy groups -OCH3 is 1. The molecule has 0 heterocycles. The zero-order valence-electron chi connectivity index (χ0n) is 13.3. The zero-order chi connectivity index (χ0) is 15.9. The number of aliphatic hydroxyl groups is 1. The average Bonchev–Trinajstić information content (AvgIpc) is 2.56. The van der Waals surface area contributed by atoms with Crippen LogP contribution in [0.25, 0.3) is 0 Å². The summed E-state index contributed by atoms with van der Waals surface area (Å²) in [5.41, 5.74) is 2.87. The van der Waals surface area contributed by atoms with Gasteiger partial charge in [-0.05, 0) is 49.7 Å². The first-order chi connectivity index (χ1) is 10.7. The number of hydrogen-bond acceptors (Lipinski definition) is 4. The largest absolute Gasteiger partial charge is 0.497 e. The van der Waals surface area contributed by atoms with E-state index in [0.29, 0.717) is 6.61 Å².